The molecule has 3 rings (SSSR count). The van der Waals surface area contributed by atoms with Gasteiger partial charge in [-0.3, -0.25) is 4.79 Å². The van der Waals surface area contributed by atoms with Crippen LogP contribution in [-0.4, -0.2) is 34.9 Å². The van der Waals surface area contributed by atoms with Crippen LogP contribution in [0.25, 0.3) is 0 Å². The summed E-state index contributed by atoms with van der Waals surface area (Å²) >= 11 is 12.1. The molecule has 28 heavy (non-hydrogen) atoms. The zero-order valence-corrected chi connectivity index (χ0v) is 18.5. The summed E-state index contributed by atoms with van der Waals surface area (Å²) in [7, 11) is 0. The Kier molecular flexibility index (Phi) is 9.81. The topological polar surface area (TPSA) is 68.5 Å². The first-order valence-electron chi connectivity index (χ1n) is 8.58. The van der Waals surface area contributed by atoms with Gasteiger partial charge in [-0.15, -0.1) is 24.8 Å². The summed E-state index contributed by atoms with van der Waals surface area (Å²) in [6.07, 6.45) is 3.55. The molecule has 0 radical (unpaired) electrons. The lowest BCUT2D eigenvalue weighted by Gasteiger charge is -2.34. The Morgan fingerprint density at radius 3 is 2.68 bits per heavy atom. The van der Waals surface area contributed by atoms with Gasteiger partial charge in [0, 0.05) is 31.4 Å². The van der Waals surface area contributed by atoms with Crippen molar-refractivity contribution in [2.45, 2.75) is 25.8 Å². The number of carbonyl (C=O) groups excluding carboxylic acids is 1. The smallest absolute Gasteiger partial charge is 0.255 e. The van der Waals surface area contributed by atoms with E-state index in [1.54, 1.807) is 30.3 Å². The zero-order chi connectivity index (χ0) is 18.7. The van der Waals surface area contributed by atoms with Crippen LogP contribution in [0, 0.1) is 5.92 Å². The fraction of sp³-hybridized carbons (Fsp3) is 0.368. The van der Waals surface area contributed by atoms with Crippen LogP contribution in [0.15, 0.2) is 36.5 Å². The molecule has 0 saturated carbocycles. The number of halogens is 4. The van der Waals surface area contributed by atoms with Crippen molar-refractivity contribution in [1.82, 2.24) is 9.88 Å². The lowest BCUT2D eigenvalue weighted by atomic mass is 9.92. The fourth-order valence-electron chi connectivity index (χ4n) is 3.05. The highest BCUT2D eigenvalue weighted by Gasteiger charge is 2.26. The minimum atomic E-state index is -0.0322. The minimum absolute atomic E-state index is 0. The van der Waals surface area contributed by atoms with Crippen molar-refractivity contribution in [3.63, 3.8) is 0 Å². The standard InChI is InChI=1S/C19H21Cl2N3O2.2ClH/c1-12(22)14-4-3-9-24(11-14)19(25)13-7-8-17(23-10-13)26-16-6-2-5-15(20)18(16)21;;/h2,5-8,10,12,14H,3-4,9,11,22H2,1H3;2*1H. The van der Waals surface area contributed by atoms with Gasteiger partial charge < -0.3 is 15.4 Å². The first-order chi connectivity index (χ1) is 12.5. The summed E-state index contributed by atoms with van der Waals surface area (Å²) in [5.74, 6) is 1.07. The number of benzene rings is 1. The molecule has 1 aliphatic heterocycles. The molecule has 1 aromatic carbocycles. The van der Waals surface area contributed by atoms with Gasteiger partial charge in [0.05, 0.1) is 10.6 Å². The molecule has 1 fully saturated rings. The van der Waals surface area contributed by atoms with Crippen molar-refractivity contribution in [1.29, 1.82) is 0 Å². The van der Waals surface area contributed by atoms with Crippen LogP contribution in [-0.2, 0) is 0 Å². The number of hydrogen-bond donors (Lipinski definition) is 1. The van der Waals surface area contributed by atoms with E-state index in [0.717, 1.165) is 19.4 Å². The molecule has 0 spiro atoms. The van der Waals surface area contributed by atoms with Gasteiger partial charge in [0.25, 0.3) is 5.91 Å². The van der Waals surface area contributed by atoms with Crippen LogP contribution in [0.5, 0.6) is 11.6 Å². The van der Waals surface area contributed by atoms with E-state index in [1.807, 2.05) is 11.8 Å². The van der Waals surface area contributed by atoms with Crippen molar-refractivity contribution >= 4 is 53.9 Å². The first-order valence-corrected chi connectivity index (χ1v) is 9.34. The van der Waals surface area contributed by atoms with Crippen molar-refractivity contribution < 1.29 is 9.53 Å². The number of rotatable bonds is 4. The van der Waals surface area contributed by atoms with Gasteiger partial charge in [-0.1, -0.05) is 29.3 Å². The molecule has 0 aliphatic carbocycles. The molecule has 9 heteroatoms. The molecule has 1 saturated heterocycles. The number of hydrogen-bond acceptors (Lipinski definition) is 4. The van der Waals surface area contributed by atoms with Gasteiger partial charge in [0.1, 0.15) is 10.8 Å². The van der Waals surface area contributed by atoms with Crippen molar-refractivity contribution in [2.24, 2.45) is 11.7 Å². The maximum absolute atomic E-state index is 12.7. The van der Waals surface area contributed by atoms with E-state index in [4.69, 9.17) is 33.7 Å². The highest BCUT2D eigenvalue weighted by Crippen LogP contribution is 2.34. The molecule has 5 nitrogen and oxygen atoms in total. The molecule has 2 N–H and O–H groups in total. The lowest BCUT2D eigenvalue weighted by molar-refractivity contribution is 0.0660. The fourth-order valence-corrected chi connectivity index (χ4v) is 3.38. The molecule has 2 unspecified atom stereocenters. The molecule has 2 aromatic rings. The summed E-state index contributed by atoms with van der Waals surface area (Å²) in [5.41, 5.74) is 6.52. The predicted molar refractivity (Wildman–Crippen MR) is 118 cm³/mol. The Bertz CT molecular complexity index is 787. The molecule has 0 bridgehead atoms. The van der Waals surface area contributed by atoms with Crippen LogP contribution in [0.2, 0.25) is 10.0 Å². The number of piperidine rings is 1. The van der Waals surface area contributed by atoms with Gasteiger partial charge in [0.15, 0.2) is 0 Å². The SMILES string of the molecule is CC(N)C1CCCN(C(=O)c2ccc(Oc3cccc(Cl)c3Cl)nc2)C1.Cl.Cl. The Morgan fingerprint density at radius 1 is 1.29 bits per heavy atom. The van der Waals surface area contributed by atoms with Crippen molar-refractivity contribution in [2.75, 3.05) is 13.1 Å². The van der Waals surface area contributed by atoms with Crippen LogP contribution in [0.4, 0.5) is 0 Å². The monoisotopic (exact) mass is 465 g/mol. The van der Waals surface area contributed by atoms with E-state index in [1.165, 1.54) is 6.20 Å². The van der Waals surface area contributed by atoms with Crippen molar-refractivity contribution in [3.8, 4) is 11.6 Å². The normalized spacial score (nSPS) is 17.1. The molecule has 154 valence electrons. The Morgan fingerprint density at radius 2 is 2.04 bits per heavy atom. The van der Waals surface area contributed by atoms with Crippen LogP contribution in [0.3, 0.4) is 0 Å². The quantitative estimate of drug-likeness (QED) is 0.670. The van der Waals surface area contributed by atoms with Crippen LogP contribution < -0.4 is 10.5 Å². The van der Waals surface area contributed by atoms with Crippen LogP contribution >= 0.6 is 48.0 Å². The molecule has 2 heterocycles. The summed E-state index contributed by atoms with van der Waals surface area (Å²) < 4.78 is 5.65. The highest BCUT2D eigenvalue weighted by molar-refractivity contribution is 6.42. The summed E-state index contributed by atoms with van der Waals surface area (Å²) in [4.78, 5) is 18.8. The number of nitrogens with zero attached hydrogens (tertiary/aromatic N) is 2. The van der Waals surface area contributed by atoms with E-state index in [2.05, 4.69) is 4.98 Å². The highest BCUT2D eigenvalue weighted by atomic mass is 35.5. The molecule has 1 aliphatic rings. The number of nitrogens with two attached hydrogens (primary N) is 1. The molecular formula is C19H23Cl4N3O2. The molecular weight excluding hydrogens is 444 g/mol. The minimum Gasteiger partial charge on any atom is -0.437 e. The number of carbonyl (C=O) groups is 1. The van der Waals surface area contributed by atoms with E-state index in [9.17, 15) is 4.79 Å². The third-order valence-corrected chi connectivity index (χ3v) is 5.40. The summed E-state index contributed by atoms with van der Waals surface area (Å²) in [6.45, 7) is 3.43. The van der Waals surface area contributed by atoms with Gasteiger partial charge in [-0.2, -0.15) is 0 Å². The maximum atomic E-state index is 12.7. The van der Waals surface area contributed by atoms with Gasteiger partial charge >= 0.3 is 0 Å². The Labute approximate surface area is 187 Å². The Balaban J connectivity index is 0.00000196. The number of pyridine rings is 1. The van der Waals surface area contributed by atoms with Gasteiger partial charge in [-0.05, 0) is 43.9 Å². The van der Waals surface area contributed by atoms with Crippen molar-refractivity contribution in [3.05, 3.63) is 52.1 Å². The average molecular weight is 467 g/mol. The van der Waals surface area contributed by atoms with E-state index in [-0.39, 0.29) is 36.8 Å². The van der Waals surface area contributed by atoms with Gasteiger partial charge in [0.2, 0.25) is 5.88 Å². The lowest BCUT2D eigenvalue weighted by Crippen LogP contribution is -2.45. The molecule has 1 amide bonds. The second-order valence-electron chi connectivity index (χ2n) is 6.55. The second kappa shape index (κ2) is 11.1. The second-order valence-corrected chi connectivity index (χ2v) is 7.34. The Hall–Kier alpha value is -1.24. The summed E-state index contributed by atoms with van der Waals surface area (Å²) in [5, 5.41) is 0.733. The number of likely N-dealkylation sites (tertiary alicyclic amines) is 1. The zero-order valence-electron chi connectivity index (χ0n) is 15.3. The number of amides is 1. The van der Waals surface area contributed by atoms with Gasteiger partial charge in [-0.25, -0.2) is 4.98 Å². The average Bonchev–Trinajstić information content (AvgIpc) is 2.65. The predicted octanol–water partition coefficient (Wildman–Crippen LogP) is 5.22. The third-order valence-electron chi connectivity index (χ3n) is 4.60. The maximum Gasteiger partial charge on any atom is 0.255 e. The largest absolute Gasteiger partial charge is 0.437 e. The molecule has 1 aromatic heterocycles. The summed E-state index contributed by atoms with van der Waals surface area (Å²) in [6, 6.07) is 8.57. The third kappa shape index (κ3) is 5.88. The molecule has 2 atom stereocenters. The van der Waals surface area contributed by atoms with E-state index >= 15 is 0 Å². The number of ether oxygens (including phenoxy) is 1. The van der Waals surface area contributed by atoms with E-state index < -0.39 is 0 Å². The van der Waals surface area contributed by atoms with E-state index in [0.29, 0.717) is 39.7 Å². The number of aromatic nitrogens is 1. The van der Waals surface area contributed by atoms with Crippen LogP contribution in [0.1, 0.15) is 30.1 Å². The first kappa shape index (κ1) is 24.8.